The summed E-state index contributed by atoms with van der Waals surface area (Å²) in [5.74, 6) is 6.79. The second kappa shape index (κ2) is 6.89. The third-order valence-corrected chi connectivity index (χ3v) is 2.17. The maximum atomic E-state index is 10.5. The predicted molar refractivity (Wildman–Crippen MR) is 44.6 cm³/mol. The Morgan fingerprint density at radius 2 is 2.30 bits per heavy atom. The monoisotopic (exact) mass is 162 g/mol. The van der Waals surface area contributed by atoms with Gasteiger partial charge in [0.05, 0.1) is 0 Å². The van der Waals surface area contributed by atoms with E-state index in [1.807, 2.05) is 0 Å². The number of nitrogens with one attached hydrogen (secondary N) is 1. The lowest BCUT2D eigenvalue weighted by atomic mass is 10.5. The molecule has 3 nitrogen and oxygen atoms in total. The Labute approximate surface area is 65.7 Å². The fourth-order valence-corrected chi connectivity index (χ4v) is 1.31. The minimum absolute atomic E-state index is 0.0800. The average molecular weight is 162 g/mol. The van der Waals surface area contributed by atoms with Gasteiger partial charge in [0.2, 0.25) is 5.91 Å². The van der Waals surface area contributed by atoms with Crippen molar-refractivity contribution in [1.29, 1.82) is 0 Å². The zero-order chi connectivity index (χ0) is 7.82. The number of hydrazine groups is 1. The summed E-state index contributed by atoms with van der Waals surface area (Å²) in [6, 6.07) is 0. The van der Waals surface area contributed by atoms with Gasteiger partial charge in [0.15, 0.2) is 0 Å². The Morgan fingerprint density at radius 1 is 1.60 bits per heavy atom. The molecule has 1 amide bonds. The van der Waals surface area contributed by atoms with Crippen molar-refractivity contribution in [3.8, 4) is 0 Å². The van der Waals surface area contributed by atoms with E-state index < -0.39 is 0 Å². The van der Waals surface area contributed by atoms with Crippen LogP contribution in [0, 0.1) is 0 Å². The van der Waals surface area contributed by atoms with Crippen LogP contribution in [0.1, 0.15) is 19.8 Å². The molecule has 0 aliphatic carbocycles. The first-order chi connectivity index (χ1) is 4.81. The Bertz CT molecular complexity index is 97.7. The smallest absolute Gasteiger partial charge is 0.234 e. The standard InChI is InChI=1S/C6H14N2OS/c1-2-4-10-5-3-6(9)8-7/h2-5,7H2,1H3,(H,8,9). The third-order valence-electron chi connectivity index (χ3n) is 0.983. The third kappa shape index (κ3) is 5.91. The average Bonchev–Trinajstić information content (AvgIpc) is 1.98. The number of carbonyl (C=O) groups is 1. The summed E-state index contributed by atoms with van der Waals surface area (Å²) in [7, 11) is 0. The quantitative estimate of drug-likeness (QED) is 0.268. The van der Waals surface area contributed by atoms with Crippen molar-refractivity contribution in [3.05, 3.63) is 0 Å². The normalized spacial score (nSPS) is 9.40. The number of nitrogens with two attached hydrogens (primary N) is 1. The maximum Gasteiger partial charge on any atom is 0.234 e. The molecule has 0 aromatic carbocycles. The molecule has 0 saturated heterocycles. The molecule has 0 fully saturated rings. The molecule has 0 rings (SSSR count). The van der Waals surface area contributed by atoms with E-state index in [1.165, 1.54) is 0 Å². The molecule has 0 radical (unpaired) electrons. The van der Waals surface area contributed by atoms with Crippen LogP contribution in [0.2, 0.25) is 0 Å². The zero-order valence-corrected chi connectivity index (χ0v) is 7.04. The van der Waals surface area contributed by atoms with Gasteiger partial charge in [0.1, 0.15) is 0 Å². The maximum absolute atomic E-state index is 10.5. The highest BCUT2D eigenvalue weighted by Gasteiger charge is 1.95. The number of carbonyl (C=O) groups excluding carboxylic acids is 1. The molecule has 0 saturated carbocycles. The van der Waals surface area contributed by atoms with Crippen LogP contribution >= 0.6 is 11.8 Å². The molecule has 10 heavy (non-hydrogen) atoms. The minimum atomic E-state index is -0.0800. The molecule has 0 aromatic heterocycles. The van der Waals surface area contributed by atoms with E-state index in [1.54, 1.807) is 11.8 Å². The molecule has 0 aliphatic rings. The highest BCUT2D eigenvalue weighted by atomic mass is 32.2. The largest absolute Gasteiger partial charge is 0.294 e. The number of thioether (sulfide) groups is 1. The van der Waals surface area contributed by atoms with Crippen LogP contribution in [0.4, 0.5) is 0 Å². The molecular formula is C6H14N2OS. The van der Waals surface area contributed by atoms with Gasteiger partial charge in [0, 0.05) is 12.2 Å². The van der Waals surface area contributed by atoms with Gasteiger partial charge in [0.25, 0.3) is 0 Å². The van der Waals surface area contributed by atoms with Crippen molar-refractivity contribution in [2.45, 2.75) is 19.8 Å². The van der Waals surface area contributed by atoms with Crippen molar-refractivity contribution in [2.24, 2.45) is 5.84 Å². The van der Waals surface area contributed by atoms with Crippen molar-refractivity contribution in [1.82, 2.24) is 5.43 Å². The zero-order valence-electron chi connectivity index (χ0n) is 6.22. The highest BCUT2D eigenvalue weighted by Crippen LogP contribution is 2.02. The first-order valence-corrected chi connectivity index (χ1v) is 4.54. The van der Waals surface area contributed by atoms with Gasteiger partial charge in [-0.05, 0) is 12.2 Å². The minimum Gasteiger partial charge on any atom is -0.294 e. The van der Waals surface area contributed by atoms with Crippen LogP contribution in [0.5, 0.6) is 0 Å². The topological polar surface area (TPSA) is 55.1 Å². The summed E-state index contributed by atoms with van der Waals surface area (Å²) in [5.41, 5.74) is 2.09. The molecule has 0 atom stereocenters. The van der Waals surface area contributed by atoms with Crippen LogP contribution in [0.15, 0.2) is 0 Å². The van der Waals surface area contributed by atoms with E-state index >= 15 is 0 Å². The molecule has 0 aromatic rings. The fourth-order valence-electron chi connectivity index (χ4n) is 0.483. The fraction of sp³-hybridized carbons (Fsp3) is 0.833. The van der Waals surface area contributed by atoms with E-state index in [2.05, 4.69) is 12.3 Å². The molecule has 0 spiro atoms. The van der Waals surface area contributed by atoms with Crippen LogP contribution < -0.4 is 11.3 Å². The number of hydrogen-bond donors (Lipinski definition) is 2. The SMILES string of the molecule is CCCSCCC(=O)NN. The van der Waals surface area contributed by atoms with E-state index in [0.717, 1.165) is 17.9 Å². The lowest BCUT2D eigenvalue weighted by Crippen LogP contribution is -2.30. The van der Waals surface area contributed by atoms with Gasteiger partial charge in [-0.3, -0.25) is 10.2 Å². The summed E-state index contributed by atoms with van der Waals surface area (Å²) in [4.78, 5) is 10.5. The van der Waals surface area contributed by atoms with Crippen LogP contribution in [-0.2, 0) is 4.79 Å². The Kier molecular flexibility index (Phi) is 6.74. The molecule has 4 heteroatoms. The van der Waals surface area contributed by atoms with E-state index in [0.29, 0.717) is 6.42 Å². The predicted octanol–water partition coefficient (Wildman–Crippen LogP) is 0.510. The first kappa shape index (κ1) is 9.78. The number of amides is 1. The Balaban J connectivity index is 2.96. The number of rotatable bonds is 5. The van der Waals surface area contributed by atoms with Crippen molar-refractivity contribution in [3.63, 3.8) is 0 Å². The highest BCUT2D eigenvalue weighted by molar-refractivity contribution is 7.99. The van der Waals surface area contributed by atoms with Gasteiger partial charge in [-0.25, -0.2) is 5.84 Å². The second-order valence-corrected chi connectivity index (χ2v) is 3.15. The Hall–Kier alpha value is -0.220. The molecular weight excluding hydrogens is 148 g/mol. The van der Waals surface area contributed by atoms with Gasteiger partial charge in [-0.15, -0.1) is 0 Å². The molecule has 0 bridgehead atoms. The van der Waals surface area contributed by atoms with Gasteiger partial charge in [-0.1, -0.05) is 6.92 Å². The van der Waals surface area contributed by atoms with E-state index in [-0.39, 0.29) is 5.91 Å². The van der Waals surface area contributed by atoms with Crippen molar-refractivity contribution in [2.75, 3.05) is 11.5 Å². The van der Waals surface area contributed by atoms with Crippen LogP contribution in [-0.4, -0.2) is 17.4 Å². The summed E-state index contributed by atoms with van der Waals surface area (Å²) >= 11 is 1.78. The first-order valence-electron chi connectivity index (χ1n) is 3.38. The Morgan fingerprint density at radius 3 is 2.80 bits per heavy atom. The summed E-state index contributed by atoms with van der Waals surface area (Å²) < 4.78 is 0. The summed E-state index contributed by atoms with van der Waals surface area (Å²) in [6.45, 7) is 2.12. The summed E-state index contributed by atoms with van der Waals surface area (Å²) in [6.07, 6.45) is 1.69. The van der Waals surface area contributed by atoms with Crippen molar-refractivity contribution >= 4 is 17.7 Å². The van der Waals surface area contributed by atoms with Gasteiger partial charge in [-0.2, -0.15) is 11.8 Å². The molecule has 0 aliphatic heterocycles. The van der Waals surface area contributed by atoms with Gasteiger partial charge >= 0.3 is 0 Å². The van der Waals surface area contributed by atoms with Gasteiger partial charge < -0.3 is 0 Å². The van der Waals surface area contributed by atoms with E-state index in [4.69, 9.17) is 5.84 Å². The summed E-state index contributed by atoms with van der Waals surface area (Å²) in [5, 5.41) is 0. The molecule has 0 unspecified atom stereocenters. The number of hydrogen-bond acceptors (Lipinski definition) is 3. The lowest BCUT2D eigenvalue weighted by molar-refractivity contribution is -0.120. The molecule has 0 heterocycles. The van der Waals surface area contributed by atoms with E-state index in [9.17, 15) is 4.79 Å². The second-order valence-electron chi connectivity index (χ2n) is 1.93. The van der Waals surface area contributed by atoms with Crippen molar-refractivity contribution < 1.29 is 4.79 Å². The van der Waals surface area contributed by atoms with Crippen LogP contribution in [0.3, 0.4) is 0 Å². The lowest BCUT2D eigenvalue weighted by Gasteiger charge is -1.97. The van der Waals surface area contributed by atoms with Crippen LogP contribution in [0.25, 0.3) is 0 Å². The molecule has 60 valence electrons. The molecule has 3 N–H and O–H groups in total.